The Labute approximate surface area is 271 Å². The molecule has 1 aromatic heterocycles. The Morgan fingerprint density at radius 3 is 2.17 bits per heavy atom. The Morgan fingerprint density at radius 1 is 0.936 bits per heavy atom. The molecule has 0 aliphatic heterocycles. The van der Waals surface area contributed by atoms with Gasteiger partial charge in [0, 0.05) is 29.9 Å². The van der Waals surface area contributed by atoms with Gasteiger partial charge in [-0.15, -0.1) is 0 Å². The van der Waals surface area contributed by atoms with E-state index in [2.05, 4.69) is 20.9 Å². The maximum absolute atomic E-state index is 13.7. The van der Waals surface area contributed by atoms with E-state index in [1.165, 1.54) is 0 Å². The third kappa shape index (κ3) is 11.0. The number of rotatable bonds is 15. The molecule has 3 atom stereocenters. The van der Waals surface area contributed by atoms with E-state index in [0.29, 0.717) is 10.6 Å². The van der Waals surface area contributed by atoms with Crippen LogP contribution in [-0.4, -0.2) is 75.1 Å². The zero-order valence-corrected chi connectivity index (χ0v) is 26.4. The second kappa shape index (κ2) is 16.1. The third-order valence-electron chi connectivity index (χ3n) is 7.02. The summed E-state index contributed by atoms with van der Waals surface area (Å²) in [6, 6.07) is 12.5. The maximum atomic E-state index is 13.7. The van der Waals surface area contributed by atoms with Gasteiger partial charge in [0.25, 0.3) is 5.96 Å². The number of benzene rings is 2. The van der Waals surface area contributed by atoms with Crippen LogP contribution in [0.4, 0.5) is 4.79 Å². The van der Waals surface area contributed by atoms with Crippen LogP contribution in [-0.2, 0) is 32.0 Å². The van der Waals surface area contributed by atoms with Crippen molar-refractivity contribution >= 4 is 40.7 Å². The summed E-state index contributed by atoms with van der Waals surface area (Å²) in [5.74, 6) is -3.16. The standard InChI is InChI=1S/C31H41N9O7/c1-31(2,3)47-30(44)38-25(16-19-10-5-4-6-11-19)28(43)36-23(14-9-15-39(29(33)34)40(45)46)27(42)37-24(26(32)41)17-20-18-35-22-13-8-7-12-21(20)22/h4-8,10-13,18,23-25,35H,9,14-17H2,1-3H3,(H2,32,41)(H3,33,34)(H,36,43)(H,37,42)(H,38,44). The van der Waals surface area contributed by atoms with E-state index in [1.807, 2.05) is 24.3 Å². The fraction of sp³-hybridized carbons (Fsp3) is 0.387. The van der Waals surface area contributed by atoms with Gasteiger partial charge in [0.1, 0.15) is 23.7 Å². The number of amides is 4. The van der Waals surface area contributed by atoms with Gasteiger partial charge < -0.3 is 37.1 Å². The number of guanidine groups is 1. The number of aromatic nitrogens is 1. The molecule has 0 radical (unpaired) electrons. The zero-order valence-electron chi connectivity index (χ0n) is 26.4. The zero-order chi connectivity index (χ0) is 34.7. The number of nitrogens with one attached hydrogen (secondary N) is 5. The summed E-state index contributed by atoms with van der Waals surface area (Å²) in [5, 5.41) is 26.9. The summed E-state index contributed by atoms with van der Waals surface area (Å²) in [6.45, 7) is 4.65. The predicted octanol–water partition coefficient (Wildman–Crippen LogP) is 1.47. The number of carbonyl (C=O) groups excluding carboxylic acids is 4. The van der Waals surface area contributed by atoms with Crippen LogP contribution in [0.1, 0.15) is 44.7 Å². The molecule has 0 saturated carbocycles. The normalized spacial score (nSPS) is 13.1. The molecule has 0 spiro atoms. The van der Waals surface area contributed by atoms with E-state index in [0.717, 1.165) is 16.5 Å². The first-order valence-electron chi connectivity index (χ1n) is 14.9. The highest BCUT2D eigenvalue weighted by Crippen LogP contribution is 2.19. The number of primary amides is 1. The molecule has 0 bridgehead atoms. The number of H-pyrrole nitrogens is 1. The number of aromatic amines is 1. The van der Waals surface area contributed by atoms with Crippen molar-refractivity contribution in [3.63, 3.8) is 0 Å². The van der Waals surface area contributed by atoms with Crippen LogP contribution in [0.3, 0.4) is 0 Å². The van der Waals surface area contributed by atoms with Gasteiger partial charge in [0.2, 0.25) is 17.7 Å². The minimum atomic E-state index is -1.33. The molecule has 3 rings (SSSR count). The van der Waals surface area contributed by atoms with Gasteiger partial charge in [-0.2, -0.15) is 0 Å². The summed E-state index contributed by atoms with van der Waals surface area (Å²) >= 11 is 0. The lowest BCUT2D eigenvalue weighted by atomic mass is 10.0. The average Bonchev–Trinajstić information content (AvgIpc) is 3.39. The van der Waals surface area contributed by atoms with Crippen LogP contribution >= 0.6 is 0 Å². The highest BCUT2D eigenvalue weighted by Gasteiger charge is 2.31. The molecule has 0 aliphatic rings. The minimum Gasteiger partial charge on any atom is -0.444 e. The molecule has 4 amide bonds. The molecule has 3 aromatic rings. The number of nitrogens with zero attached hydrogens (tertiary/aromatic N) is 2. The minimum absolute atomic E-state index is 0.0437. The molecule has 47 heavy (non-hydrogen) atoms. The second-order valence-corrected chi connectivity index (χ2v) is 11.9. The van der Waals surface area contributed by atoms with Crippen molar-refractivity contribution in [1.29, 1.82) is 5.41 Å². The van der Waals surface area contributed by atoms with E-state index >= 15 is 0 Å². The molecule has 0 aliphatic carbocycles. The van der Waals surface area contributed by atoms with Gasteiger partial charge in [-0.3, -0.25) is 19.8 Å². The Hall–Kier alpha value is -5.67. The van der Waals surface area contributed by atoms with Crippen molar-refractivity contribution in [1.82, 2.24) is 25.9 Å². The van der Waals surface area contributed by atoms with Gasteiger partial charge in [0.05, 0.1) is 6.54 Å². The molecule has 0 fully saturated rings. The van der Waals surface area contributed by atoms with Crippen molar-refractivity contribution < 1.29 is 28.9 Å². The van der Waals surface area contributed by atoms with Gasteiger partial charge in [-0.25, -0.2) is 14.9 Å². The predicted molar refractivity (Wildman–Crippen MR) is 173 cm³/mol. The fourth-order valence-corrected chi connectivity index (χ4v) is 4.80. The highest BCUT2D eigenvalue weighted by molar-refractivity contribution is 5.94. The molecule has 16 nitrogen and oxygen atoms in total. The first kappa shape index (κ1) is 35.8. The summed E-state index contributed by atoms with van der Waals surface area (Å²) in [4.78, 5) is 66.9. The number of hydrogen-bond acceptors (Lipinski definition) is 8. The van der Waals surface area contributed by atoms with Crippen molar-refractivity contribution in [2.24, 2.45) is 11.5 Å². The summed E-state index contributed by atoms with van der Waals surface area (Å²) < 4.78 is 5.34. The molecular formula is C31H41N9O7. The number of hydrazine groups is 1. The lowest BCUT2D eigenvalue weighted by Gasteiger charge is -2.26. The van der Waals surface area contributed by atoms with E-state index in [1.54, 1.807) is 57.3 Å². The van der Waals surface area contributed by atoms with Crippen LogP contribution in [0, 0.1) is 15.5 Å². The number of hydrogen-bond donors (Lipinski definition) is 7. The highest BCUT2D eigenvalue weighted by atomic mass is 16.7. The van der Waals surface area contributed by atoms with E-state index < -0.39 is 58.5 Å². The van der Waals surface area contributed by atoms with Gasteiger partial charge in [-0.1, -0.05) is 53.5 Å². The lowest BCUT2D eigenvalue weighted by Crippen LogP contribution is -2.57. The van der Waals surface area contributed by atoms with Crippen molar-refractivity contribution in [3.8, 4) is 0 Å². The molecular weight excluding hydrogens is 610 g/mol. The first-order valence-corrected chi connectivity index (χ1v) is 14.9. The van der Waals surface area contributed by atoms with Crippen LogP contribution in [0.25, 0.3) is 10.9 Å². The van der Waals surface area contributed by atoms with Crippen LogP contribution < -0.4 is 27.4 Å². The van der Waals surface area contributed by atoms with Crippen molar-refractivity contribution in [2.45, 2.75) is 70.2 Å². The lowest BCUT2D eigenvalue weighted by molar-refractivity contribution is -0.629. The number of ether oxygens (including phenoxy) is 1. The van der Waals surface area contributed by atoms with Crippen LogP contribution in [0.15, 0.2) is 60.8 Å². The van der Waals surface area contributed by atoms with Gasteiger partial charge in [0.15, 0.2) is 5.03 Å². The van der Waals surface area contributed by atoms with Crippen molar-refractivity contribution in [3.05, 3.63) is 82.0 Å². The Kier molecular flexibility index (Phi) is 12.2. The SMILES string of the molecule is CC(C)(C)OC(=O)NC(Cc1ccccc1)C(=O)NC(CCCN(C(=N)N)[N+](=O)[O-])C(=O)NC(Cc1c[nH]c2ccccc12)C(N)=O. The Balaban J connectivity index is 1.85. The number of carbonyl (C=O) groups is 4. The first-order chi connectivity index (χ1) is 22.1. The molecule has 0 saturated heterocycles. The molecule has 9 N–H and O–H groups in total. The number of fused-ring (bicyclic) bond motifs is 1. The monoisotopic (exact) mass is 651 g/mol. The molecule has 2 aromatic carbocycles. The van der Waals surface area contributed by atoms with Crippen LogP contribution in [0.2, 0.25) is 0 Å². The molecule has 16 heteroatoms. The molecule has 252 valence electrons. The number of nitro groups is 1. The Bertz CT molecular complexity index is 1570. The quantitative estimate of drug-likeness (QED) is 0.0543. The number of para-hydroxylation sites is 1. The molecule has 1 heterocycles. The topological polar surface area (TPSA) is 252 Å². The van der Waals surface area contributed by atoms with Crippen LogP contribution in [0.5, 0.6) is 0 Å². The fourth-order valence-electron chi connectivity index (χ4n) is 4.80. The number of nitrogens with two attached hydrogens (primary N) is 2. The third-order valence-corrected chi connectivity index (χ3v) is 7.02. The number of alkyl carbamates (subject to hydrolysis) is 1. The van der Waals surface area contributed by atoms with E-state index in [9.17, 15) is 29.3 Å². The Morgan fingerprint density at radius 2 is 1.55 bits per heavy atom. The largest absolute Gasteiger partial charge is 0.444 e. The summed E-state index contributed by atoms with van der Waals surface area (Å²) in [6.07, 6.45) is 0.719. The van der Waals surface area contributed by atoms with E-state index in [4.69, 9.17) is 21.6 Å². The summed E-state index contributed by atoms with van der Waals surface area (Å²) in [7, 11) is 0. The van der Waals surface area contributed by atoms with Gasteiger partial charge in [-0.05, 0) is 50.8 Å². The van der Waals surface area contributed by atoms with Gasteiger partial charge >= 0.3 is 6.09 Å². The average molecular weight is 652 g/mol. The smallest absolute Gasteiger partial charge is 0.408 e. The van der Waals surface area contributed by atoms with E-state index in [-0.39, 0.29) is 32.2 Å². The van der Waals surface area contributed by atoms with Crippen molar-refractivity contribution in [2.75, 3.05) is 6.54 Å². The second-order valence-electron chi connectivity index (χ2n) is 11.9. The summed E-state index contributed by atoms with van der Waals surface area (Å²) in [5.41, 5.74) is 12.4. The maximum Gasteiger partial charge on any atom is 0.408 e. The molecule has 3 unspecified atom stereocenters.